The molecular weight excluding hydrogens is 356 g/mol. The second-order valence-electron chi connectivity index (χ2n) is 7.90. The van der Waals surface area contributed by atoms with Gasteiger partial charge in [-0.05, 0) is 29.8 Å². The molecule has 1 aliphatic rings. The Morgan fingerprint density at radius 1 is 1.12 bits per heavy atom. The van der Waals surface area contributed by atoms with Gasteiger partial charge in [-0.3, -0.25) is 4.79 Å². The van der Waals surface area contributed by atoms with Gasteiger partial charge in [0.2, 0.25) is 0 Å². The average molecular weight is 391 g/mol. The molecule has 0 spiro atoms. The van der Waals surface area contributed by atoms with Crippen LogP contribution in [0.2, 0.25) is 18.1 Å². The minimum Gasteiger partial charge on any atom is -0.455 e. The lowest BCUT2D eigenvalue weighted by molar-refractivity contribution is -0.177. The molecule has 0 aromatic rings. The SMILES string of the molecule is COCO[C@@H]1[C@@H](OCOC)C=C(CO[Si](C)(C)C(C)(C)C)[C@H]1OC(C)=O. The molecule has 0 aromatic heterocycles. The quantitative estimate of drug-likeness (QED) is 0.246. The van der Waals surface area contributed by atoms with Gasteiger partial charge in [0, 0.05) is 21.1 Å². The normalized spacial score (nSPS) is 23.8. The Hall–Kier alpha value is -0.773. The summed E-state index contributed by atoms with van der Waals surface area (Å²) in [5.74, 6) is -0.383. The zero-order valence-corrected chi connectivity index (χ0v) is 18.3. The first-order valence-corrected chi connectivity index (χ1v) is 11.7. The Balaban J connectivity index is 2.96. The van der Waals surface area contributed by atoms with Crippen LogP contribution in [0, 0.1) is 0 Å². The fraction of sp³-hybridized carbons (Fsp3) is 0.833. The molecule has 0 heterocycles. The van der Waals surface area contributed by atoms with Gasteiger partial charge in [0.1, 0.15) is 25.8 Å². The number of rotatable bonds is 10. The molecule has 0 saturated heterocycles. The standard InChI is InChI=1S/C18H34O7Si/c1-13(19)25-16-14(10-24-26(7,8)18(2,3)4)9-15(22-11-20-5)17(16)23-12-21-6/h9,15-17H,10-12H2,1-8H3/t15-,16+,17+/m0/s1. The van der Waals surface area contributed by atoms with E-state index in [-0.39, 0.29) is 24.6 Å². The molecule has 0 unspecified atom stereocenters. The van der Waals surface area contributed by atoms with Crippen molar-refractivity contribution in [2.24, 2.45) is 0 Å². The van der Waals surface area contributed by atoms with Crippen molar-refractivity contribution in [1.82, 2.24) is 0 Å². The summed E-state index contributed by atoms with van der Waals surface area (Å²) < 4.78 is 33.2. The van der Waals surface area contributed by atoms with Crippen LogP contribution in [0.15, 0.2) is 11.6 Å². The van der Waals surface area contributed by atoms with E-state index in [1.54, 1.807) is 7.11 Å². The van der Waals surface area contributed by atoms with Crippen molar-refractivity contribution in [1.29, 1.82) is 0 Å². The van der Waals surface area contributed by atoms with Gasteiger partial charge in [0.15, 0.2) is 14.4 Å². The Bertz CT molecular complexity index is 484. The van der Waals surface area contributed by atoms with E-state index >= 15 is 0 Å². The molecule has 0 amide bonds. The second-order valence-corrected chi connectivity index (χ2v) is 12.7. The molecule has 0 bridgehead atoms. The number of ether oxygens (including phenoxy) is 5. The summed E-state index contributed by atoms with van der Waals surface area (Å²) in [5.41, 5.74) is 0.840. The molecule has 0 aliphatic heterocycles. The molecule has 0 fully saturated rings. The van der Waals surface area contributed by atoms with Crippen LogP contribution < -0.4 is 0 Å². The third-order valence-corrected chi connectivity index (χ3v) is 9.30. The number of hydrogen-bond donors (Lipinski definition) is 0. The van der Waals surface area contributed by atoms with Crippen molar-refractivity contribution >= 4 is 14.3 Å². The van der Waals surface area contributed by atoms with Crippen molar-refractivity contribution in [3.63, 3.8) is 0 Å². The first-order valence-electron chi connectivity index (χ1n) is 8.76. The average Bonchev–Trinajstić information content (AvgIpc) is 2.84. The summed E-state index contributed by atoms with van der Waals surface area (Å²) in [6, 6.07) is 0. The lowest BCUT2D eigenvalue weighted by Crippen LogP contribution is -2.43. The van der Waals surface area contributed by atoms with Crippen LogP contribution in [-0.4, -0.2) is 67.0 Å². The molecule has 0 radical (unpaired) electrons. The molecule has 26 heavy (non-hydrogen) atoms. The summed E-state index contributed by atoms with van der Waals surface area (Å²) in [6.45, 7) is 12.8. The Morgan fingerprint density at radius 2 is 1.69 bits per heavy atom. The van der Waals surface area contributed by atoms with Crippen LogP contribution in [0.1, 0.15) is 27.7 Å². The highest BCUT2D eigenvalue weighted by atomic mass is 28.4. The van der Waals surface area contributed by atoms with Gasteiger partial charge in [-0.1, -0.05) is 20.8 Å². The van der Waals surface area contributed by atoms with Crippen molar-refractivity contribution < 1.29 is 32.9 Å². The molecule has 1 aliphatic carbocycles. The summed E-state index contributed by atoms with van der Waals surface area (Å²) in [7, 11) is 1.14. The smallest absolute Gasteiger partial charge is 0.303 e. The number of hydrogen-bond acceptors (Lipinski definition) is 7. The van der Waals surface area contributed by atoms with Crippen LogP contribution >= 0.6 is 0 Å². The van der Waals surface area contributed by atoms with E-state index < -0.39 is 26.6 Å². The van der Waals surface area contributed by atoms with Gasteiger partial charge in [-0.15, -0.1) is 0 Å². The van der Waals surface area contributed by atoms with E-state index in [2.05, 4.69) is 33.9 Å². The highest BCUT2D eigenvalue weighted by molar-refractivity contribution is 6.74. The number of carbonyl (C=O) groups excluding carboxylic acids is 1. The van der Waals surface area contributed by atoms with Crippen LogP contribution in [-0.2, 0) is 32.9 Å². The fourth-order valence-electron chi connectivity index (χ4n) is 2.33. The maximum atomic E-state index is 11.6. The van der Waals surface area contributed by atoms with Gasteiger partial charge in [-0.25, -0.2) is 0 Å². The van der Waals surface area contributed by atoms with Crippen LogP contribution in [0.5, 0.6) is 0 Å². The topological polar surface area (TPSA) is 72.5 Å². The van der Waals surface area contributed by atoms with Crippen molar-refractivity contribution in [2.75, 3.05) is 34.4 Å². The summed E-state index contributed by atoms with van der Waals surface area (Å²) in [6.07, 6.45) is 0.411. The van der Waals surface area contributed by atoms with Crippen molar-refractivity contribution in [2.45, 2.75) is 64.1 Å². The lowest BCUT2D eigenvalue weighted by Gasteiger charge is -2.36. The van der Waals surface area contributed by atoms with E-state index in [1.807, 2.05) is 6.08 Å². The van der Waals surface area contributed by atoms with Crippen LogP contribution in [0.4, 0.5) is 0 Å². The molecule has 152 valence electrons. The molecule has 8 heteroatoms. The van der Waals surface area contributed by atoms with Gasteiger partial charge >= 0.3 is 5.97 Å². The minimum absolute atomic E-state index is 0.0689. The van der Waals surface area contributed by atoms with Gasteiger partial charge in [0.25, 0.3) is 0 Å². The van der Waals surface area contributed by atoms with Crippen molar-refractivity contribution in [3.05, 3.63) is 11.6 Å². The van der Waals surface area contributed by atoms with E-state index in [1.165, 1.54) is 14.0 Å². The Kier molecular flexibility index (Phi) is 8.91. The monoisotopic (exact) mass is 390 g/mol. The Labute approximate surface area is 158 Å². The van der Waals surface area contributed by atoms with E-state index in [0.717, 1.165) is 5.57 Å². The molecule has 1 rings (SSSR count). The first-order chi connectivity index (χ1) is 12.0. The largest absolute Gasteiger partial charge is 0.455 e. The zero-order valence-electron chi connectivity index (χ0n) is 17.3. The molecule has 0 aromatic carbocycles. The number of methoxy groups -OCH3 is 2. The maximum Gasteiger partial charge on any atom is 0.303 e. The maximum absolute atomic E-state index is 11.6. The zero-order chi connectivity index (χ0) is 20.0. The van der Waals surface area contributed by atoms with Gasteiger partial charge < -0.3 is 28.1 Å². The van der Waals surface area contributed by atoms with Gasteiger partial charge in [0.05, 0.1) is 6.61 Å². The van der Waals surface area contributed by atoms with Gasteiger partial charge in [-0.2, -0.15) is 0 Å². The second kappa shape index (κ2) is 9.96. The highest BCUT2D eigenvalue weighted by Crippen LogP contribution is 2.38. The molecular formula is C18H34O7Si. The third-order valence-electron chi connectivity index (χ3n) is 4.82. The fourth-order valence-corrected chi connectivity index (χ4v) is 3.29. The minimum atomic E-state index is -1.95. The number of esters is 1. The van der Waals surface area contributed by atoms with Crippen LogP contribution in [0.3, 0.4) is 0 Å². The molecule has 0 saturated carbocycles. The summed E-state index contributed by atoms with van der Waals surface area (Å²) in [5, 5.41) is 0.0843. The van der Waals surface area contributed by atoms with Crippen molar-refractivity contribution in [3.8, 4) is 0 Å². The molecule has 7 nitrogen and oxygen atoms in total. The van der Waals surface area contributed by atoms with E-state index in [4.69, 9.17) is 28.1 Å². The predicted molar refractivity (Wildman–Crippen MR) is 100 cm³/mol. The molecule has 3 atom stereocenters. The third kappa shape index (κ3) is 6.44. The highest BCUT2D eigenvalue weighted by Gasteiger charge is 2.43. The lowest BCUT2D eigenvalue weighted by atomic mass is 10.1. The van der Waals surface area contributed by atoms with Crippen LogP contribution in [0.25, 0.3) is 0 Å². The summed E-state index contributed by atoms with van der Waals surface area (Å²) >= 11 is 0. The van der Waals surface area contributed by atoms with E-state index in [0.29, 0.717) is 6.61 Å². The van der Waals surface area contributed by atoms with E-state index in [9.17, 15) is 4.79 Å². The summed E-state index contributed by atoms with van der Waals surface area (Å²) in [4.78, 5) is 11.6. The predicted octanol–water partition coefficient (Wildman–Crippen LogP) is 2.86. The first kappa shape index (κ1) is 23.3. The number of carbonyl (C=O) groups is 1. The Morgan fingerprint density at radius 3 is 2.19 bits per heavy atom. The molecule has 0 N–H and O–H groups in total.